The first-order valence-electron chi connectivity index (χ1n) is 7.93. The van der Waals surface area contributed by atoms with E-state index in [1.54, 1.807) is 13.3 Å². The third-order valence-corrected chi connectivity index (χ3v) is 5.39. The van der Waals surface area contributed by atoms with Crippen LogP contribution in [0.25, 0.3) is 11.3 Å². The molecule has 2 aromatic rings. The number of nitrogens with zero attached hydrogens (tertiary/aromatic N) is 1. The topological polar surface area (TPSA) is 92.0 Å². The minimum atomic E-state index is -1.23. The van der Waals surface area contributed by atoms with Crippen LogP contribution in [-0.2, 0) is 0 Å². The summed E-state index contributed by atoms with van der Waals surface area (Å²) in [7, 11) is 1.61. The van der Waals surface area contributed by atoms with E-state index < -0.39 is 23.7 Å². The highest BCUT2D eigenvalue weighted by atomic mass is 32.2. The molecule has 0 amide bonds. The molecule has 0 spiro atoms. The first-order valence-corrected chi connectivity index (χ1v) is 8.98. The second-order valence-corrected chi connectivity index (χ2v) is 7.03. The summed E-state index contributed by atoms with van der Waals surface area (Å²) in [5, 5.41) is 29.7. The highest BCUT2D eigenvalue weighted by Crippen LogP contribution is 2.36. The van der Waals surface area contributed by atoms with E-state index in [4.69, 9.17) is 9.47 Å². The van der Waals surface area contributed by atoms with Gasteiger partial charge in [-0.25, -0.2) is 0 Å². The van der Waals surface area contributed by atoms with E-state index in [9.17, 15) is 15.3 Å². The Morgan fingerprint density at radius 2 is 1.80 bits per heavy atom. The van der Waals surface area contributed by atoms with E-state index >= 15 is 0 Å². The Bertz CT molecular complexity index is 724. The Labute approximate surface area is 150 Å². The molecule has 0 unspecified atom stereocenters. The predicted octanol–water partition coefficient (Wildman–Crippen LogP) is 1.60. The Morgan fingerprint density at radius 3 is 2.48 bits per heavy atom. The maximum absolute atomic E-state index is 10.2. The molecule has 0 bridgehead atoms. The summed E-state index contributed by atoms with van der Waals surface area (Å²) in [5.41, 5.74) is 1.69. The minimum Gasteiger partial charge on any atom is -0.497 e. The van der Waals surface area contributed by atoms with Crippen LogP contribution >= 0.6 is 11.8 Å². The molecule has 134 valence electrons. The standard InChI is InChI=1S/C18H21NO5S/c1-10-7-8-19-14(11-3-5-12(23-2)6-4-11)17(10)24-18-16(22)15(21)13(20)9-25-18/h3-8,13,15-16,18,20-22H,9H2,1-2H3/t13-,15+,16-,18+/m1/s1. The lowest BCUT2D eigenvalue weighted by molar-refractivity contribution is -0.0786. The molecule has 1 fully saturated rings. The number of aliphatic hydroxyl groups is 3. The van der Waals surface area contributed by atoms with Crippen molar-refractivity contribution in [3.8, 4) is 22.8 Å². The fraction of sp³-hybridized carbons (Fsp3) is 0.389. The molecule has 0 radical (unpaired) electrons. The molecule has 1 aromatic carbocycles. The number of methoxy groups -OCH3 is 1. The zero-order valence-corrected chi connectivity index (χ0v) is 14.8. The van der Waals surface area contributed by atoms with Gasteiger partial charge in [-0.15, -0.1) is 11.8 Å². The number of thioether (sulfide) groups is 1. The van der Waals surface area contributed by atoms with Gasteiger partial charge >= 0.3 is 0 Å². The Balaban J connectivity index is 1.91. The van der Waals surface area contributed by atoms with E-state index in [2.05, 4.69) is 4.98 Å². The van der Waals surface area contributed by atoms with Crippen LogP contribution in [0.2, 0.25) is 0 Å². The van der Waals surface area contributed by atoms with Gasteiger partial charge in [-0.3, -0.25) is 4.98 Å². The van der Waals surface area contributed by atoms with Crippen molar-refractivity contribution in [3.05, 3.63) is 42.1 Å². The second-order valence-electron chi connectivity index (χ2n) is 5.90. The molecule has 2 heterocycles. The van der Waals surface area contributed by atoms with Crippen molar-refractivity contribution in [1.29, 1.82) is 0 Å². The van der Waals surface area contributed by atoms with Crippen LogP contribution < -0.4 is 9.47 Å². The smallest absolute Gasteiger partial charge is 0.173 e. The fourth-order valence-electron chi connectivity index (χ4n) is 2.65. The second kappa shape index (κ2) is 7.61. The number of benzene rings is 1. The summed E-state index contributed by atoms with van der Waals surface area (Å²) in [5.74, 6) is 1.59. The largest absolute Gasteiger partial charge is 0.497 e. The number of rotatable bonds is 4. The zero-order chi connectivity index (χ0) is 18.0. The van der Waals surface area contributed by atoms with Crippen molar-refractivity contribution >= 4 is 11.8 Å². The van der Waals surface area contributed by atoms with Gasteiger partial charge in [0.25, 0.3) is 0 Å². The summed E-state index contributed by atoms with van der Waals surface area (Å²) >= 11 is 1.27. The fourth-order valence-corrected chi connectivity index (χ4v) is 3.75. The Hall–Kier alpha value is -1.80. The highest BCUT2D eigenvalue weighted by Gasteiger charge is 2.39. The van der Waals surface area contributed by atoms with Gasteiger partial charge in [0.05, 0.1) is 13.2 Å². The number of hydrogen-bond acceptors (Lipinski definition) is 7. The van der Waals surface area contributed by atoms with Crippen LogP contribution in [0.15, 0.2) is 36.5 Å². The van der Waals surface area contributed by atoms with Crippen LogP contribution in [0.5, 0.6) is 11.5 Å². The van der Waals surface area contributed by atoms with Crippen LogP contribution in [0.1, 0.15) is 5.56 Å². The summed E-state index contributed by atoms with van der Waals surface area (Å²) in [6, 6.07) is 9.28. The van der Waals surface area contributed by atoms with E-state index in [1.165, 1.54) is 11.8 Å². The van der Waals surface area contributed by atoms with Crippen molar-refractivity contribution in [1.82, 2.24) is 4.98 Å². The molecule has 3 rings (SSSR count). The summed E-state index contributed by atoms with van der Waals surface area (Å²) in [4.78, 5) is 4.42. The molecule has 1 aliphatic heterocycles. The molecule has 3 N–H and O–H groups in total. The monoisotopic (exact) mass is 363 g/mol. The molecule has 7 heteroatoms. The van der Waals surface area contributed by atoms with Crippen LogP contribution in [0.3, 0.4) is 0 Å². The van der Waals surface area contributed by atoms with Gasteiger partial charge in [-0.05, 0) is 42.8 Å². The molecule has 1 saturated heterocycles. The molecule has 4 atom stereocenters. The number of aromatic nitrogens is 1. The molecule has 1 aliphatic rings. The van der Waals surface area contributed by atoms with E-state index in [0.717, 1.165) is 16.9 Å². The number of aryl methyl sites for hydroxylation is 1. The normalized spacial score (nSPS) is 26.3. The van der Waals surface area contributed by atoms with Crippen LogP contribution in [0.4, 0.5) is 0 Å². The molecule has 0 aliphatic carbocycles. The summed E-state index contributed by atoms with van der Waals surface area (Å²) < 4.78 is 11.2. The lowest BCUT2D eigenvalue weighted by Crippen LogP contribution is -2.50. The van der Waals surface area contributed by atoms with Crippen molar-refractivity contribution in [3.63, 3.8) is 0 Å². The van der Waals surface area contributed by atoms with Crippen molar-refractivity contribution in [2.45, 2.75) is 30.7 Å². The van der Waals surface area contributed by atoms with E-state index in [-0.39, 0.29) is 0 Å². The van der Waals surface area contributed by atoms with Crippen molar-refractivity contribution in [2.75, 3.05) is 12.9 Å². The average molecular weight is 363 g/mol. The lowest BCUT2D eigenvalue weighted by Gasteiger charge is -2.35. The van der Waals surface area contributed by atoms with Gasteiger partial charge in [-0.1, -0.05) is 0 Å². The van der Waals surface area contributed by atoms with Crippen molar-refractivity contribution < 1.29 is 24.8 Å². The number of aliphatic hydroxyl groups excluding tert-OH is 3. The van der Waals surface area contributed by atoms with E-state index in [1.807, 2.05) is 37.3 Å². The third-order valence-electron chi connectivity index (χ3n) is 4.15. The minimum absolute atomic E-state index is 0.292. The van der Waals surface area contributed by atoms with Gasteiger partial charge in [0.15, 0.2) is 5.44 Å². The number of hydrogen-bond donors (Lipinski definition) is 3. The zero-order valence-electron chi connectivity index (χ0n) is 14.0. The maximum atomic E-state index is 10.2. The lowest BCUT2D eigenvalue weighted by atomic mass is 10.1. The van der Waals surface area contributed by atoms with E-state index in [0.29, 0.717) is 17.2 Å². The Kier molecular flexibility index (Phi) is 5.48. The highest BCUT2D eigenvalue weighted by molar-refractivity contribution is 7.99. The first-order chi connectivity index (χ1) is 12.0. The number of pyridine rings is 1. The molecular weight excluding hydrogens is 342 g/mol. The molecule has 6 nitrogen and oxygen atoms in total. The van der Waals surface area contributed by atoms with Gasteiger partial charge in [0.1, 0.15) is 29.4 Å². The quantitative estimate of drug-likeness (QED) is 0.760. The van der Waals surface area contributed by atoms with Crippen LogP contribution in [0, 0.1) is 6.92 Å². The molecule has 25 heavy (non-hydrogen) atoms. The van der Waals surface area contributed by atoms with Crippen LogP contribution in [-0.4, -0.2) is 56.9 Å². The number of ether oxygens (including phenoxy) is 2. The van der Waals surface area contributed by atoms with Gasteiger partial charge in [-0.2, -0.15) is 0 Å². The average Bonchev–Trinajstić information content (AvgIpc) is 2.63. The maximum Gasteiger partial charge on any atom is 0.173 e. The summed E-state index contributed by atoms with van der Waals surface area (Å²) in [6.45, 7) is 1.90. The van der Waals surface area contributed by atoms with Crippen molar-refractivity contribution in [2.24, 2.45) is 0 Å². The molecular formula is C18H21NO5S. The SMILES string of the molecule is COc1ccc(-c2nccc(C)c2O[C@H]2SC[C@@H](O)[C@H](O)[C@H]2O)cc1. The first kappa shape index (κ1) is 18.0. The third kappa shape index (κ3) is 3.74. The van der Waals surface area contributed by atoms with Gasteiger partial charge in [0.2, 0.25) is 0 Å². The van der Waals surface area contributed by atoms with Gasteiger partial charge in [0, 0.05) is 17.5 Å². The molecule has 1 aromatic heterocycles. The van der Waals surface area contributed by atoms with Gasteiger partial charge < -0.3 is 24.8 Å². The molecule has 0 saturated carbocycles. The predicted molar refractivity (Wildman–Crippen MR) is 95.9 cm³/mol. The summed E-state index contributed by atoms with van der Waals surface area (Å²) in [6.07, 6.45) is -1.68. The Morgan fingerprint density at radius 1 is 1.08 bits per heavy atom.